The lowest BCUT2D eigenvalue weighted by molar-refractivity contribution is -0.143. The summed E-state index contributed by atoms with van der Waals surface area (Å²) < 4.78 is 60.6. The molecule has 0 aromatic carbocycles. The second kappa shape index (κ2) is 11.0. The summed E-state index contributed by atoms with van der Waals surface area (Å²) in [6.07, 6.45) is -4.58. The van der Waals surface area contributed by atoms with Crippen LogP contribution in [0.4, 0.5) is 27.2 Å². The number of ether oxygens (including phenoxy) is 2. The van der Waals surface area contributed by atoms with Crippen molar-refractivity contribution in [2.24, 2.45) is 0 Å². The summed E-state index contributed by atoms with van der Waals surface area (Å²) in [6, 6.07) is 0. The number of nitrogens with one attached hydrogen (secondary N) is 1. The van der Waals surface area contributed by atoms with Crippen LogP contribution in [0.25, 0.3) is 0 Å². The summed E-state index contributed by atoms with van der Waals surface area (Å²) in [5.74, 6) is -7.71. The van der Waals surface area contributed by atoms with Crippen LogP contribution < -0.4 is 5.32 Å². The lowest BCUT2D eigenvalue weighted by atomic mass is 10.1. The van der Waals surface area contributed by atoms with Gasteiger partial charge in [0.15, 0.2) is 0 Å². The van der Waals surface area contributed by atoms with Crippen LogP contribution >= 0.6 is 0 Å². The molecular formula is C17H26F4N2O7. The van der Waals surface area contributed by atoms with E-state index < -0.39 is 80.3 Å². The van der Waals surface area contributed by atoms with Gasteiger partial charge in [-0.1, -0.05) is 0 Å². The topological polar surface area (TPSA) is 122 Å². The monoisotopic (exact) mass is 446 g/mol. The summed E-state index contributed by atoms with van der Waals surface area (Å²) in [5, 5.41) is 10.3. The number of piperidine rings is 1. The molecule has 1 rings (SSSR count). The Morgan fingerprint density at radius 2 is 1.80 bits per heavy atom. The van der Waals surface area contributed by atoms with Crippen molar-refractivity contribution in [1.29, 1.82) is 0 Å². The molecule has 0 saturated carbocycles. The second-order valence-electron chi connectivity index (χ2n) is 7.41. The Hall–Kier alpha value is -2.60. The van der Waals surface area contributed by atoms with Crippen molar-refractivity contribution >= 4 is 24.1 Å². The first kappa shape index (κ1) is 27.4. The van der Waals surface area contributed by atoms with Crippen molar-refractivity contribution in [2.75, 3.05) is 20.2 Å². The maximum atomic E-state index is 13.2. The van der Waals surface area contributed by atoms with Gasteiger partial charge in [0.25, 0.3) is 11.8 Å². The minimum atomic E-state index is -3.18. The molecule has 30 heavy (non-hydrogen) atoms. The number of halogens is 4. The highest BCUT2D eigenvalue weighted by Crippen LogP contribution is 2.27. The van der Waals surface area contributed by atoms with E-state index >= 15 is 0 Å². The van der Waals surface area contributed by atoms with Crippen molar-refractivity contribution in [2.45, 2.75) is 63.9 Å². The van der Waals surface area contributed by atoms with Crippen molar-refractivity contribution in [3.8, 4) is 0 Å². The highest BCUT2D eigenvalue weighted by molar-refractivity contribution is 5.91. The van der Waals surface area contributed by atoms with Crippen LogP contribution in [0.3, 0.4) is 0 Å². The summed E-state index contributed by atoms with van der Waals surface area (Å²) in [5.41, 5.74) is -0.745. The van der Waals surface area contributed by atoms with E-state index in [1.54, 1.807) is 20.8 Å². The van der Waals surface area contributed by atoms with E-state index in [0.717, 1.165) is 7.11 Å². The average molecular weight is 446 g/mol. The normalized spacial score (nSPS) is 16.1. The minimum Gasteiger partial charge on any atom is -0.469 e. The molecule has 2 N–H and O–H groups in total. The fourth-order valence-corrected chi connectivity index (χ4v) is 1.99. The number of carbonyl (C=O) groups is 4. The molecule has 0 aliphatic carbocycles. The van der Waals surface area contributed by atoms with Crippen LogP contribution in [0.1, 0.15) is 46.5 Å². The fourth-order valence-electron chi connectivity index (χ4n) is 1.99. The van der Waals surface area contributed by atoms with Gasteiger partial charge in [0.1, 0.15) is 5.60 Å². The van der Waals surface area contributed by atoms with E-state index in [2.05, 4.69) is 4.74 Å². The molecule has 0 aromatic heterocycles. The van der Waals surface area contributed by atoms with Crippen LogP contribution in [-0.4, -0.2) is 71.7 Å². The standard InChI is InChI=1S/C11H19F2NO4.C6H7F2NO3/c1-10(2,3)18-9(16)14-7-11(12,13)6-5-8(15)17-4;7-6(8)2-1-4(10)9(3-6)5(11)12/h5-7H2,1-4H3,(H,14,16);1-3H2,(H,11,12). The zero-order valence-electron chi connectivity index (χ0n) is 17.1. The molecule has 3 amide bonds. The highest BCUT2D eigenvalue weighted by Gasteiger charge is 2.41. The van der Waals surface area contributed by atoms with Gasteiger partial charge >= 0.3 is 18.2 Å². The molecular weight excluding hydrogens is 420 g/mol. The predicted octanol–water partition coefficient (Wildman–Crippen LogP) is 3.02. The van der Waals surface area contributed by atoms with Gasteiger partial charge in [-0.3, -0.25) is 9.59 Å². The van der Waals surface area contributed by atoms with E-state index in [1.807, 2.05) is 5.32 Å². The summed E-state index contributed by atoms with van der Waals surface area (Å²) in [7, 11) is 1.12. The average Bonchev–Trinajstić information content (AvgIpc) is 2.59. The van der Waals surface area contributed by atoms with Crippen LogP contribution in [-0.2, 0) is 19.1 Å². The number of hydrogen-bond donors (Lipinski definition) is 2. The van der Waals surface area contributed by atoms with Gasteiger partial charge in [-0.25, -0.2) is 32.1 Å². The highest BCUT2D eigenvalue weighted by atomic mass is 19.3. The van der Waals surface area contributed by atoms with E-state index in [0.29, 0.717) is 0 Å². The Morgan fingerprint density at radius 1 is 1.23 bits per heavy atom. The minimum absolute atomic E-state index is 0.156. The molecule has 0 atom stereocenters. The number of carboxylic acid groups (broad SMARTS) is 1. The number of amides is 3. The molecule has 174 valence electrons. The third-order valence-electron chi connectivity index (χ3n) is 3.44. The molecule has 0 aromatic rings. The third-order valence-corrected chi connectivity index (χ3v) is 3.44. The molecule has 1 fully saturated rings. The zero-order valence-corrected chi connectivity index (χ0v) is 17.1. The molecule has 1 aliphatic heterocycles. The molecule has 0 radical (unpaired) electrons. The number of methoxy groups -OCH3 is 1. The largest absolute Gasteiger partial charge is 0.469 e. The number of carbonyl (C=O) groups excluding carboxylic acids is 3. The predicted molar refractivity (Wildman–Crippen MR) is 94.4 cm³/mol. The summed E-state index contributed by atoms with van der Waals surface area (Å²) in [6.45, 7) is 2.99. The van der Waals surface area contributed by atoms with Crippen molar-refractivity contribution < 1.29 is 51.3 Å². The molecule has 9 nitrogen and oxygen atoms in total. The van der Waals surface area contributed by atoms with Crippen LogP contribution in [0.2, 0.25) is 0 Å². The van der Waals surface area contributed by atoms with Gasteiger partial charge in [-0.2, -0.15) is 0 Å². The van der Waals surface area contributed by atoms with Gasteiger partial charge < -0.3 is 19.9 Å². The molecule has 1 heterocycles. The number of rotatable bonds is 5. The number of nitrogens with zero attached hydrogens (tertiary/aromatic N) is 1. The first-order chi connectivity index (χ1) is 13.5. The second-order valence-corrected chi connectivity index (χ2v) is 7.41. The van der Waals surface area contributed by atoms with E-state index in [9.17, 15) is 36.7 Å². The molecule has 0 bridgehead atoms. The Labute approximate surface area is 170 Å². The van der Waals surface area contributed by atoms with Gasteiger partial charge in [0.05, 0.1) is 26.6 Å². The quantitative estimate of drug-likeness (QED) is 0.492. The lowest BCUT2D eigenvalue weighted by Gasteiger charge is -2.28. The number of alkyl halides is 4. The number of esters is 1. The van der Waals surface area contributed by atoms with Crippen molar-refractivity contribution in [3.05, 3.63) is 0 Å². The van der Waals surface area contributed by atoms with E-state index in [4.69, 9.17) is 9.84 Å². The number of imide groups is 1. The smallest absolute Gasteiger partial charge is 0.414 e. The Morgan fingerprint density at radius 3 is 2.23 bits per heavy atom. The zero-order chi connectivity index (χ0) is 23.8. The summed E-state index contributed by atoms with van der Waals surface area (Å²) >= 11 is 0. The van der Waals surface area contributed by atoms with E-state index in [1.165, 1.54) is 0 Å². The summed E-state index contributed by atoms with van der Waals surface area (Å²) in [4.78, 5) is 43.0. The van der Waals surface area contributed by atoms with Crippen molar-refractivity contribution in [1.82, 2.24) is 10.2 Å². The SMILES string of the molecule is COC(=O)CCC(F)(F)CNC(=O)OC(C)(C)C.O=C(O)N1CC(F)(F)CCC1=O. The third kappa shape index (κ3) is 12.1. The number of likely N-dealkylation sites (tertiary alicyclic amines) is 1. The first-order valence-corrected chi connectivity index (χ1v) is 8.80. The molecule has 1 aliphatic rings. The first-order valence-electron chi connectivity index (χ1n) is 8.80. The van der Waals surface area contributed by atoms with Crippen molar-refractivity contribution in [3.63, 3.8) is 0 Å². The Bertz CT molecular complexity index is 636. The van der Waals surface area contributed by atoms with Gasteiger partial charge in [0.2, 0.25) is 5.91 Å². The van der Waals surface area contributed by atoms with Crippen LogP contribution in [0.15, 0.2) is 0 Å². The fraction of sp³-hybridized carbons (Fsp3) is 0.765. The van der Waals surface area contributed by atoms with Gasteiger partial charge in [-0.05, 0) is 20.8 Å². The molecule has 13 heteroatoms. The Kier molecular flexibility index (Phi) is 10.0. The van der Waals surface area contributed by atoms with Gasteiger partial charge in [-0.15, -0.1) is 0 Å². The lowest BCUT2D eigenvalue weighted by Crippen LogP contribution is -2.48. The Balaban J connectivity index is 0.000000604. The van der Waals surface area contributed by atoms with E-state index in [-0.39, 0.29) is 4.90 Å². The van der Waals surface area contributed by atoms with Crippen LogP contribution in [0.5, 0.6) is 0 Å². The number of alkyl carbamates (subject to hydrolysis) is 1. The number of hydrogen-bond acceptors (Lipinski definition) is 6. The maximum Gasteiger partial charge on any atom is 0.414 e. The molecule has 0 unspecified atom stereocenters. The molecule has 1 saturated heterocycles. The molecule has 0 spiro atoms. The maximum absolute atomic E-state index is 13.2. The van der Waals surface area contributed by atoms with Crippen LogP contribution in [0, 0.1) is 0 Å². The van der Waals surface area contributed by atoms with Gasteiger partial charge in [0, 0.05) is 19.3 Å².